The van der Waals surface area contributed by atoms with E-state index in [2.05, 4.69) is 10.6 Å². The number of carbonyl (C=O) groups is 3. The van der Waals surface area contributed by atoms with Gasteiger partial charge in [-0.3, -0.25) is 14.4 Å². The molecule has 0 aromatic heterocycles. The van der Waals surface area contributed by atoms with Gasteiger partial charge in [0.05, 0.1) is 25.5 Å². The lowest BCUT2D eigenvalue weighted by atomic mass is 9.89. The van der Waals surface area contributed by atoms with Gasteiger partial charge in [0.1, 0.15) is 5.82 Å². The van der Waals surface area contributed by atoms with Crippen molar-refractivity contribution in [3.63, 3.8) is 0 Å². The number of halogens is 1. The fraction of sp³-hybridized carbons (Fsp3) is 0.250. The summed E-state index contributed by atoms with van der Waals surface area (Å²) >= 11 is 0. The Labute approximate surface area is 155 Å². The first-order valence-corrected chi connectivity index (χ1v) is 8.49. The molecule has 2 atom stereocenters. The summed E-state index contributed by atoms with van der Waals surface area (Å²) in [5.41, 5.74) is 1.57. The van der Waals surface area contributed by atoms with Crippen LogP contribution in [0.3, 0.4) is 0 Å². The zero-order valence-electron chi connectivity index (χ0n) is 14.7. The maximum Gasteiger partial charge on any atom is 0.307 e. The van der Waals surface area contributed by atoms with Crippen molar-refractivity contribution in [3.8, 4) is 0 Å². The van der Waals surface area contributed by atoms with Gasteiger partial charge in [0.2, 0.25) is 11.8 Å². The van der Waals surface area contributed by atoms with Gasteiger partial charge in [0.25, 0.3) is 0 Å². The number of fused-ring (bicyclic) bond motifs is 1. The normalized spacial score (nSPS) is 16.7. The van der Waals surface area contributed by atoms with E-state index in [0.29, 0.717) is 5.56 Å². The third kappa shape index (κ3) is 4.31. The van der Waals surface area contributed by atoms with E-state index in [1.54, 1.807) is 24.3 Å². The van der Waals surface area contributed by atoms with Crippen LogP contribution in [-0.2, 0) is 19.1 Å². The molecule has 0 saturated heterocycles. The topological polar surface area (TPSA) is 84.5 Å². The molecule has 27 heavy (non-hydrogen) atoms. The average molecular weight is 370 g/mol. The Morgan fingerprint density at radius 3 is 2.70 bits per heavy atom. The Hall–Kier alpha value is -3.22. The van der Waals surface area contributed by atoms with E-state index >= 15 is 0 Å². The van der Waals surface area contributed by atoms with E-state index in [1.807, 2.05) is 6.07 Å². The van der Waals surface area contributed by atoms with E-state index in [0.717, 1.165) is 5.56 Å². The van der Waals surface area contributed by atoms with E-state index in [9.17, 15) is 18.8 Å². The Morgan fingerprint density at radius 1 is 1.26 bits per heavy atom. The predicted molar refractivity (Wildman–Crippen MR) is 96.3 cm³/mol. The van der Waals surface area contributed by atoms with E-state index in [-0.39, 0.29) is 24.4 Å². The number of ether oxygens (including phenoxy) is 1. The van der Waals surface area contributed by atoms with Gasteiger partial charge in [0.15, 0.2) is 0 Å². The number of hydrogen-bond donors (Lipinski definition) is 2. The van der Waals surface area contributed by atoms with Gasteiger partial charge in [-0.25, -0.2) is 4.39 Å². The molecule has 0 fully saturated rings. The zero-order valence-corrected chi connectivity index (χ0v) is 14.7. The molecule has 6 nitrogen and oxygen atoms in total. The minimum absolute atomic E-state index is 0.0402. The Kier molecular flexibility index (Phi) is 5.49. The SMILES string of the molecule is COC(=O)C[C@H](NC(=O)[C@@H]1CC(=O)Nc2cc(F)ccc21)c1ccccc1. The summed E-state index contributed by atoms with van der Waals surface area (Å²) in [5, 5.41) is 5.41. The van der Waals surface area contributed by atoms with E-state index in [1.165, 1.54) is 25.3 Å². The van der Waals surface area contributed by atoms with E-state index in [4.69, 9.17) is 4.74 Å². The molecule has 1 heterocycles. The standard InChI is InChI=1S/C20H19FN2O4/c1-27-19(25)11-16(12-5-3-2-4-6-12)23-20(26)15-10-18(24)22-17-9-13(21)7-8-14(15)17/h2-9,15-16H,10-11H2,1H3,(H,22,24)(H,23,26)/t15-,16+/m1/s1. The number of methoxy groups -OCH3 is 1. The highest BCUT2D eigenvalue weighted by Crippen LogP contribution is 2.33. The van der Waals surface area contributed by atoms with Gasteiger partial charge in [-0.05, 0) is 23.3 Å². The lowest BCUT2D eigenvalue weighted by molar-refractivity contribution is -0.141. The number of carbonyl (C=O) groups excluding carboxylic acids is 3. The summed E-state index contributed by atoms with van der Waals surface area (Å²) in [6.07, 6.45) is -0.0916. The van der Waals surface area contributed by atoms with Crippen LogP contribution in [0.2, 0.25) is 0 Å². The summed E-state index contributed by atoms with van der Waals surface area (Å²) in [6, 6.07) is 12.4. The van der Waals surface area contributed by atoms with E-state index < -0.39 is 29.7 Å². The number of nitrogens with one attached hydrogen (secondary N) is 2. The molecular weight excluding hydrogens is 351 g/mol. The quantitative estimate of drug-likeness (QED) is 0.793. The van der Waals surface area contributed by atoms with Crippen molar-refractivity contribution in [2.24, 2.45) is 0 Å². The summed E-state index contributed by atoms with van der Waals surface area (Å²) in [6.45, 7) is 0. The Morgan fingerprint density at radius 2 is 2.00 bits per heavy atom. The first kappa shape index (κ1) is 18.6. The molecule has 140 valence electrons. The number of rotatable bonds is 5. The molecule has 0 unspecified atom stereocenters. The third-order valence-corrected chi connectivity index (χ3v) is 4.49. The second-order valence-corrected chi connectivity index (χ2v) is 6.29. The van der Waals surface area contributed by atoms with Gasteiger partial charge < -0.3 is 15.4 Å². The maximum atomic E-state index is 13.5. The Balaban J connectivity index is 1.85. The first-order chi connectivity index (χ1) is 13.0. The van der Waals surface area contributed by atoms with Gasteiger partial charge in [-0.2, -0.15) is 0 Å². The van der Waals surface area contributed by atoms with Crippen LogP contribution in [0.25, 0.3) is 0 Å². The molecule has 2 N–H and O–H groups in total. The molecule has 0 aliphatic carbocycles. The summed E-state index contributed by atoms with van der Waals surface area (Å²) in [5.74, 6) is -2.50. The molecule has 7 heteroatoms. The summed E-state index contributed by atoms with van der Waals surface area (Å²) in [7, 11) is 1.28. The predicted octanol–water partition coefficient (Wildman–Crippen LogP) is 2.67. The monoisotopic (exact) mass is 370 g/mol. The van der Waals surface area contributed by atoms with Gasteiger partial charge in [-0.15, -0.1) is 0 Å². The largest absolute Gasteiger partial charge is 0.469 e. The number of esters is 1. The highest BCUT2D eigenvalue weighted by Gasteiger charge is 2.32. The van der Waals surface area contributed by atoms with Crippen LogP contribution in [0.15, 0.2) is 48.5 Å². The molecule has 1 aliphatic heterocycles. The van der Waals surface area contributed by atoms with Crippen LogP contribution in [0, 0.1) is 5.82 Å². The molecule has 1 aliphatic rings. The van der Waals surface area contributed by atoms with Crippen molar-refractivity contribution < 1.29 is 23.5 Å². The number of anilines is 1. The van der Waals surface area contributed by atoms with Crippen LogP contribution >= 0.6 is 0 Å². The molecular formula is C20H19FN2O4. The number of benzene rings is 2. The molecule has 0 spiro atoms. The van der Waals surface area contributed by atoms with Gasteiger partial charge in [-0.1, -0.05) is 36.4 Å². The molecule has 2 amide bonds. The van der Waals surface area contributed by atoms with Crippen molar-refractivity contribution in [1.82, 2.24) is 5.32 Å². The van der Waals surface area contributed by atoms with Crippen LogP contribution < -0.4 is 10.6 Å². The highest BCUT2D eigenvalue weighted by atomic mass is 19.1. The molecule has 0 bridgehead atoms. The maximum absolute atomic E-state index is 13.5. The van der Waals surface area contributed by atoms with Crippen LogP contribution in [0.4, 0.5) is 10.1 Å². The molecule has 3 rings (SSSR count). The van der Waals surface area contributed by atoms with Crippen molar-refractivity contribution in [2.75, 3.05) is 12.4 Å². The molecule has 2 aromatic carbocycles. The van der Waals surface area contributed by atoms with Crippen LogP contribution in [0.1, 0.15) is 35.9 Å². The van der Waals surface area contributed by atoms with Crippen molar-refractivity contribution in [2.45, 2.75) is 24.8 Å². The molecule has 0 saturated carbocycles. The van der Waals surface area contributed by atoms with Crippen molar-refractivity contribution >= 4 is 23.5 Å². The Bertz CT molecular complexity index is 870. The van der Waals surface area contributed by atoms with Crippen molar-refractivity contribution in [3.05, 3.63) is 65.5 Å². The summed E-state index contributed by atoms with van der Waals surface area (Å²) < 4.78 is 18.2. The van der Waals surface area contributed by atoms with Crippen LogP contribution in [-0.4, -0.2) is 24.9 Å². The lowest BCUT2D eigenvalue weighted by Gasteiger charge is -2.27. The fourth-order valence-corrected chi connectivity index (χ4v) is 3.13. The fourth-order valence-electron chi connectivity index (χ4n) is 3.13. The average Bonchev–Trinajstić information content (AvgIpc) is 2.66. The smallest absolute Gasteiger partial charge is 0.307 e. The second kappa shape index (κ2) is 7.99. The summed E-state index contributed by atoms with van der Waals surface area (Å²) in [4.78, 5) is 36.6. The second-order valence-electron chi connectivity index (χ2n) is 6.29. The number of amides is 2. The molecule has 0 radical (unpaired) electrons. The van der Waals surface area contributed by atoms with Gasteiger partial charge >= 0.3 is 5.97 Å². The minimum Gasteiger partial charge on any atom is -0.469 e. The minimum atomic E-state index is -0.766. The lowest BCUT2D eigenvalue weighted by Crippen LogP contribution is -2.37. The first-order valence-electron chi connectivity index (χ1n) is 8.49. The van der Waals surface area contributed by atoms with Crippen LogP contribution in [0.5, 0.6) is 0 Å². The van der Waals surface area contributed by atoms with Crippen molar-refractivity contribution in [1.29, 1.82) is 0 Å². The molecule has 2 aromatic rings. The highest BCUT2D eigenvalue weighted by molar-refractivity contribution is 6.01. The zero-order chi connectivity index (χ0) is 19.4. The number of hydrogen-bond acceptors (Lipinski definition) is 4. The van der Waals surface area contributed by atoms with Gasteiger partial charge in [0, 0.05) is 12.1 Å². The third-order valence-electron chi connectivity index (χ3n) is 4.49.